The van der Waals surface area contributed by atoms with E-state index in [0.717, 1.165) is 5.56 Å². The summed E-state index contributed by atoms with van der Waals surface area (Å²) >= 11 is 0. The summed E-state index contributed by atoms with van der Waals surface area (Å²) in [7, 11) is 0. The topological polar surface area (TPSA) is 61.4 Å². The zero-order chi connectivity index (χ0) is 14.5. The van der Waals surface area contributed by atoms with Crippen LogP contribution in [0.1, 0.15) is 24.9 Å². The SMILES string of the molecule is CC(NCCCN1C(=O)CNC1=O)c1cccc(F)c1. The second-order valence-electron chi connectivity index (χ2n) is 4.79. The number of nitrogens with one attached hydrogen (secondary N) is 2. The lowest BCUT2D eigenvalue weighted by Crippen LogP contribution is -2.33. The zero-order valence-corrected chi connectivity index (χ0v) is 11.4. The number of urea groups is 1. The molecule has 6 heteroatoms. The van der Waals surface area contributed by atoms with Gasteiger partial charge in [-0.15, -0.1) is 0 Å². The molecule has 1 heterocycles. The Hall–Kier alpha value is -1.95. The summed E-state index contributed by atoms with van der Waals surface area (Å²) in [6, 6.07) is 6.14. The quantitative estimate of drug-likeness (QED) is 0.611. The molecule has 0 radical (unpaired) electrons. The van der Waals surface area contributed by atoms with Crippen LogP contribution >= 0.6 is 0 Å². The van der Waals surface area contributed by atoms with Gasteiger partial charge in [0.25, 0.3) is 0 Å². The Kier molecular flexibility index (Phi) is 4.68. The highest BCUT2D eigenvalue weighted by atomic mass is 19.1. The van der Waals surface area contributed by atoms with E-state index in [1.165, 1.54) is 17.0 Å². The molecule has 108 valence electrons. The molecule has 2 rings (SSSR count). The van der Waals surface area contributed by atoms with Crippen molar-refractivity contribution < 1.29 is 14.0 Å². The van der Waals surface area contributed by atoms with Gasteiger partial charge in [0.05, 0.1) is 6.54 Å². The van der Waals surface area contributed by atoms with Gasteiger partial charge in [0, 0.05) is 12.6 Å². The number of imide groups is 1. The van der Waals surface area contributed by atoms with Gasteiger partial charge < -0.3 is 10.6 Å². The third-order valence-corrected chi connectivity index (χ3v) is 3.29. The van der Waals surface area contributed by atoms with E-state index in [-0.39, 0.29) is 30.3 Å². The van der Waals surface area contributed by atoms with Gasteiger partial charge in [-0.05, 0) is 37.6 Å². The molecule has 1 aromatic carbocycles. The van der Waals surface area contributed by atoms with Crippen molar-refractivity contribution in [1.82, 2.24) is 15.5 Å². The maximum absolute atomic E-state index is 13.1. The van der Waals surface area contributed by atoms with E-state index in [0.29, 0.717) is 19.5 Å². The van der Waals surface area contributed by atoms with Gasteiger partial charge in [-0.2, -0.15) is 0 Å². The number of hydrogen-bond acceptors (Lipinski definition) is 3. The van der Waals surface area contributed by atoms with Crippen molar-refractivity contribution in [2.75, 3.05) is 19.6 Å². The Bertz CT molecular complexity index is 491. The Labute approximate surface area is 117 Å². The lowest BCUT2D eigenvalue weighted by molar-refractivity contribution is -0.125. The number of hydrogen-bond donors (Lipinski definition) is 2. The van der Waals surface area contributed by atoms with E-state index in [2.05, 4.69) is 10.6 Å². The smallest absolute Gasteiger partial charge is 0.324 e. The van der Waals surface area contributed by atoms with E-state index in [1.54, 1.807) is 6.07 Å². The van der Waals surface area contributed by atoms with Crippen molar-refractivity contribution in [3.63, 3.8) is 0 Å². The summed E-state index contributed by atoms with van der Waals surface area (Å²) in [5, 5.41) is 5.72. The summed E-state index contributed by atoms with van der Waals surface area (Å²) in [6.07, 6.45) is 0.665. The van der Waals surface area contributed by atoms with E-state index < -0.39 is 0 Å². The normalized spacial score (nSPS) is 16.4. The van der Waals surface area contributed by atoms with Crippen LogP contribution in [0.15, 0.2) is 24.3 Å². The van der Waals surface area contributed by atoms with Gasteiger partial charge in [-0.3, -0.25) is 9.69 Å². The fourth-order valence-corrected chi connectivity index (χ4v) is 2.13. The molecule has 2 N–H and O–H groups in total. The van der Waals surface area contributed by atoms with Crippen molar-refractivity contribution in [3.8, 4) is 0 Å². The third kappa shape index (κ3) is 3.54. The summed E-state index contributed by atoms with van der Waals surface area (Å²) in [6.45, 7) is 3.08. The van der Waals surface area contributed by atoms with Crippen LogP contribution in [0.4, 0.5) is 9.18 Å². The molecular weight excluding hydrogens is 261 g/mol. The molecule has 1 unspecified atom stereocenters. The number of amides is 3. The monoisotopic (exact) mass is 279 g/mol. The summed E-state index contributed by atoms with van der Waals surface area (Å²) in [4.78, 5) is 23.9. The van der Waals surface area contributed by atoms with Crippen LogP contribution in [0, 0.1) is 5.82 Å². The van der Waals surface area contributed by atoms with Gasteiger partial charge >= 0.3 is 6.03 Å². The van der Waals surface area contributed by atoms with Crippen molar-refractivity contribution in [1.29, 1.82) is 0 Å². The standard InChI is InChI=1S/C14H18FN3O2/c1-10(11-4-2-5-12(15)8-11)16-6-3-7-18-13(19)9-17-14(18)20/h2,4-5,8,10,16H,3,6-7,9H2,1H3,(H,17,20). The number of carbonyl (C=O) groups is 2. The van der Waals surface area contributed by atoms with Crippen molar-refractivity contribution in [2.24, 2.45) is 0 Å². The molecular formula is C14H18FN3O2. The predicted octanol–water partition coefficient (Wildman–Crippen LogP) is 1.42. The first-order valence-electron chi connectivity index (χ1n) is 6.65. The summed E-state index contributed by atoms with van der Waals surface area (Å²) in [5.41, 5.74) is 0.875. The lowest BCUT2D eigenvalue weighted by Gasteiger charge is -2.16. The molecule has 0 aliphatic carbocycles. The Balaban J connectivity index is 1.73. The molecule has 1 fully saturated rings. The first kappa shape index (κ1) is 14.5. The Morgan fingerprint density at radius 2 is 2.25 bits per heavy atom. The van der Waals surface area contributed by atoms with Gasteiger partial charge in [0.1, 0.15) is 5.82 Å². The second-order valence-corrected chi connectivity index (χ2v) is 4.79. The fraction of sp³-hybridized carbons (Fsp3) is 0.429. The van der Waals surface area contributed by atoms with Crippen LogP contribution < -0.4 is 10.6 Å². The average molecular weight is 279 g/mol. The lowest BCUT2D eigenvalue weighted by atomic mass is 10.1. The zero-order valence-electron chi connectivity index (χ0n) is 11.4. The molecule has 20 heavy (non-hydrogen) atoms. The first-order valence-corrected chi connectivity index (χ1v) is 6.65. The first-order chi connectivity index (χ1) is 9.58. The highest BCUT2D eigenvalue weighted by Gasteiger charge is 2.27. The van der Waals surface area contributed by atoms with Crippen LogP contribution in [0.3, 0.4) is 0 Å². The molecule has 5 nitrogen and oxygen atoms in total. The number of nitrogens with zero attached hydrogens (tertiary/aromatic N) is 1. The largest absolute Gasteiger partial charge is 0.329 e. The van der Waals surface area contributed by atoms with Crippen LogP contribution in [-0.4, -0.2) is 36.5 Å². The number of benzene rings is 1. The Morgan fingerprint density at radius 1 is 1.45 bits per heavy atom. The van der Waals surface area contributed by atoms with Gasteiger partial charge in [0.15, 0.2) is 0 Å². The minimum atomic E-state index is -0.326. The minimum Gasteiger partial charge on any atom is -0.329 e. The van der Waals surface area contributed by atoms with E-state index in [4.69, 9.17) is 0 Å². The molecule has 1 saturated heterocycles. The molecule has 1 aromatic rings. The van der Waals surface area contributed by atoms with Crippen molar-refractivity contribution >= 4 is 11.9 Å². The van der Waals surface area contributed by atoms with Gasteiger partial charge in [0.2, 0.25) is 5.91 Å². The fourth-order valence-electron chi connectivity index (χ4n) is 2.13. The number of halogens is 1. The van der Waals surface area contributed by atoms with Crippen LogP contribution in [-0.2, 0) is 4.79 Å². The molecule has 0 spiro atoms. The summed E-state index contributed by atoms with van der Waals surface area (Å²) in [5.74, 6) is -0.441. The van der Waals surface area contributed by atoms with Gasteiger partial charge in [-0.1, -0.05) is 12.1 Å². The predicted molar refractivity (Wildman–Crippen MR) is 72.5 cm³/mol. The number of rotatable bonds is 6. The average Bonchev–Trinajstić information content (AvgIpc) is 2.74. The van der Waals surface area contributed by atoms with Crippen LogP contribution in [0.5, 0.6) is 0 Å². The van der Waals surface area contributed by atoms with Crippen molar-refractivity contribution in [2.45, 2.75) is 19.4 Å². The highest BCUT2D eigenvalue weighted by Crippen LogP contribution is 2.13. The highest BCUT2D eigenvalue weighted by molar-refractivity contribution is 6.01. The third-order valence-electron chi connectivity index (χ3n) is 3.29. The molecule has 1 atom stereocenters. The molecule has 1 aliphatic heterocycles. The van der Waals surface area contributed by atoms with Crippen LogP contribution in [0.2, 0.25) is 0 Å². The van der Waals surface area contributed by atoms with E-state index in [9.17, 15) is 14.0 Å². The number of carbonyl (C=O) groups excluding carboxylic acids is 2. The molecule has 1 aliphatic rings. The van der Waals surface area contributed by atoms with E-state index in [1.807, 2.05) is 13.0 Å². The van der Waals surface area contributed by atoms with Crippen molar-refractivity contribution in [3.05, 3.63) is 35.6 Å². The Morgan fingerprint density at radius 3 is 2.90 bits per heavy atom. The summed E-state index contributed by atoms with van der Waals surface area (Å²) < 4.78 is 13.1. The molecule has 0 bridgehead atoms. The van der Waals surface area contributed by atoms with E-state index >= 15 is 0 Å². The molecule has 0 aromatic heterocycles. The van der Waals surface area contributed by atoms with Crippen LogP contribution in [0.25, 0.3) is 0 Å². The minimum absolute atomic E-state index is 0.0220. The molecule has 0 saturated carbocycles. The van der Waals surface area contributed by atoms with Gasteiger partial charge in [-0.25, -0.2) is 9.18 Å². The maximum Gasteiger partial charge on any atom is 0.324 e. The maximum atomic E-state index is 13.1. The second kappa shape index (κ2) is 6.47. The molecule has 3 amide bonds.